The first-order chi connectivity index (χ1) is 38.6. The van der Waals surface area contributed by atoms with E-state index in [-0.39, 0.29) is 5.41 Å². The first kappa shape index (κ1) is 48.0. The van der Waals surface area contributed by atoms with E-state index < -0.39 is 0 Å². The molecule has 0 saturated heterocycles. The van der Waals surface area contributed by atoms with Crippen molar-refractivity contribution in [2.45, 2.75) is 24.7 Å². The van der Waals surface area contributed by atoms with Crippen LogP contribution < -0.4 is 9.64 Å². The summed E-state index contributed by atoms with van der Waals surface area (Å²) in [4.78, 5) is 2.41. The highest BCUT2D eigenvalue weighted by Gasteiger charge is 2.44. The van der Waals surface area contributed by atoms with Gasteiger partial charge >= 0.3 is 0 Å². The summed E-state index contributed by atoms with van der Waals surface area (Å²) in [7, 11) is 0. The minimum Gasteiger partial charge on any atom is -0.494 e. The third-order valence-corrected chi connectivity index (χ3v) is 15.9. The predicted octanol–water partition coefficient (Wildman–Crippen LogP) is 20.1. The Hall–Kier alpha value is -9.70. The molecule has 0 fully saturated rings. The van der Waals surface area contributed by atoms with Crippen LogP contribution in [-0.2, 0) is 5.41 Å². The lowest BCUT2D eigenvalue weighted by Gasteiger charge is -2.34. The Morgan fingerprint density at radius 3 is 1.47 bits per heavy atom. The number of fused-ring (bicyclic) bond motifs is 6. The highest BCUT2D eigenvalue weighted by atomic mass is 16.5. The van der Waals surface area contributed by atoms with E-state index in [1.165, 1.54) is 77.4 Å². The van der Waals surface area contributed by atoms with Crippen molar-refractivity contribution in [3.8, 4) is 55.9 Å². The molecular formula is C75H58N2O. The van der Waals surface area contributed by atoms with Gasteiger partial charge in [-0.15, -0.1) is 0 Å². The second kappa shape index (κ2) is 20.8. The van der Waals surface area contributed by atoms with E-state index in [1.54, 1.807) is 0 Å². The molecule has 1 heterocycles. The molecular weight excluding hydrogens is 945 g/mol. The average Bonchev–Trinajstić information content (AvgIpc) is 4.03. The van der Waals surface area contributed by atoms with Gasteiger partial charge in [0.2, 0.25) is 0 Å². The quantitative estimate of drug-likeness (QED) is 0.0898. The summed E-state index contributed by atoms with van der Waals surface area (Å²) in [6.07, 6.45) is 6.61. The molecule has 0 aliphatic heterocycles. The average molecular weight is 1000 g/mol. The lowest BCUT2D eigenvalue weighted by atomic mass is 9.69. The molecule has 0 spiro atoms. The lowest BCUT2D eigenvalue weighted by molar-refractivity contribution is 0.301. The minimum absolute atomic E-state index is 0.364. The van der Waals surface area contributed by atoms with Crippen LogP contribution in [0.2, 0.25) is 0 Å². The molecule has 0 bridgehead atoms. The fourth-order valence-corrected chi connectivity index (χ4v) is 12.1. The molecule has 78 heavy (non-hydrogen) atoms. The van der Waals surface area contributed by atoms with Crippen LogP contribution in [-0.4, -0.2) is 11.2 Å². The van der Waals surface area contributed by atoms with E-state index >= 15 is 0 Å². The minimum atomic E-state index is -0.364. The zero-order valence-corrected chi connectivity index (χ0v) is 43.6. The van der Waals surface area contributed by atoms with Gasteiger partial charge in [0.05, 0.1) is 17.6 Å². The van der Waals surface area contributed by atoms with Crippen LogP contribution in [0, 0.1) is 0 Å². The molecule has 1 aliphatic rings. The molecule has 0 radical (unpaired) electrons. The number of hydrogen-bond acceptors (Lipinski definition) is 2. The predicted molar refractivity (Wildman–Crippen MR) is 330 cm³/mol. The summed E-state index contributed by atoms with van der Waals surface area (Å²) >= 11 is 0. The summed E-state index contributed by atoms with van der Waals surface area (Å²) in [6.45, 7) is 8.50. The van der Waals surface area contributed by atoms with Gasteiger partial charge in [0, 0.05) is 38.9 Å². The molecule has 13 rings (SSSR count). The molecule has 1 atom stereocenters. The Morgan fingerprint density at radius 1 is 0.397 bits per heavy atom. The van der Waals surface area contributed by atoms with Crippen molar-refractivity contribution in [3.63, 3.8) is 0 Å². The monoisotopic (exact) mass is 1000 g/mol. The molecule has 11 aromatic carbocycles. The van der Waals surface area contributed by atoms with Crippen molar-refractivity contribution < 1.29 is 4.74 Å². The maximum atomic E-state index is 6.42. The van der Waals surface area contributed by atoms with E-state index in [0.29, 0.717) is 6.61 Å². The van der Waals surface area contributed by atoms with Crippen LogP contribution >= 0.6 is 0 Å². The Kier molecular flexibility index (Phi) is 12.8. The first-order valence-electron chi connectivity index (χ1n) is 27.1. The van der Waals surface area contributed by atoms with Crippen molar-refractivity contribution in [3.05, 3.63) is 308 Å². The Balaban J connectivity index is 0.833. The van der Waals surface area contributed by atoms with Crippen molar-refractivity contribution in [2.75, 3.05) is 11.5 Å². The normalized spacial score (nSPS) is 13.5. The highest BCUT2D eigenvalue weighted by Crippen LogP contribution is 2.56. The maximum Gasteiger partial charge on any atom is 0.119 e. The largest absolute Gasteiger partial charge is 0.494 e. The van der Waals surface area contributed by atoms with E-state index in [2.05, 4.69) is 290 Å². The van der Waals surface area contributed by atoms with Crippen molar-refractivity contribution in [1.29, 1.82) is 0 Å². The number of ether oxygens (including phenoxy) is 1. The Morgan fingerprint density at radius 2 is 0.872 bits per heavy atom. The number of anilines is 3. The van der Waals surface area contributed by atoms with Gasteiger partial charge in [0.25, 0.3) is 0 Å². The van der Waals surface area contributed by atoms with Crippen LogP contribution in [0.25, 0.3) is 84.2 Å². The van der Waals surface area contributed by atoms with E-state index in [1.807, 2.05) is 12.2 Å². The number of unbranched alkanes of at least 4 members (excludes halogenated alkanes) is 1. The molecule has 3 heteroatoms. The molecule has 1 aromatic heterocycles. The fourth-order valence-electron chi connectivity index (χ4n) is 12.1. The molecule has 3 nitrogen and oxygen atoms in total. The van der Waals surface area contributed by atoms with Crippen molar-refractivity contribution >= 4 is 51.0 Å². The molecule has 374 valence electrons. The van der Waals surface area contributed by atoms with Crippen molar-refractivity contribution in [2.24, 2.45) is 0 Å². The second-order valence-electron chi connectivity index (χ2n) is 20.4. The van der Waals surface area contributed by atoms with Gasteiger partial charge in [-0.3, -0.25) is 0 Å². The SMILES string of the molecule is C=Cc1ccc(-c2ccc(OCCCCC3(c4ccccc4)c4ccccc4-c4ccc(N(c5ccccc5)c5ccc(-c6ccc7c(c6)c6cc(-c8ccc(C=C)cc8)ccc6n7-c6ccccc6)cc5)cc43)cc2)cc1. The highest BCUT2D eigenvalue weighted by molar-refractivity contribution is 6.11. The van der Waals surface area contributed by atoms with Gasteiger partial charge in [0.1, 0.15) is 5.75 Å². The van der Waals surface area contributed by atoms with Gasteiger partial charge in [-0.2, -0.15) is 0 Å². The maximum absolute atomic E-state index is 6.42. The van der Waals surface area contributed by atoms with Gasteiger partial charge in [-0.05, 0) is 177 Å². The van der Waals surface area contributed by atoms with Crippen LogP contribution in [0.1, 0.15) is 47.1 Å². The molecule has 0 amide bonds. The Labute approximate surface area is 458 Å². The number of para-hydroxylation sites is 2. The van der Waals surface area contributed by atoms with E-state index in [9.17, 15) is 0 Å². The molecule has 0 saturated carbocycles. The van der Waals surface area contributed by atoms with Gasteiger partial charge in [0.15, 0.2) is 0 Å². The summed E-state index contributed by atoms with van der Waals surface area (Å²) in [6, 6.07) is 97.4. The van der Waals surface area contributed by atoms with Crippen LogP contribution in [0.5, 0.6) is 5.75 Å². The smallest absolute Gasteiger partial charge is 0.119 e. The molecule has 1 unspecified atom stereocenters. The van der Waals surface area contributed by atoms with Crippen LogP contribution in [0.3, 0.4) is 0 Å². The molecule has 1 aliphatic carbocycles. The number of aromatic nitrogens is 1. The number of hydrogen-bond donors (Lipinski definition) is 0. The zero-order chi connectivity index (χ0) is 52.4. The van der Waals surface area contributed by atoms with E-state index in [0.717, 1.165) is 64.5 Å². The standard InChI is InChI=1S/C75H58N2O/c1-3-53-26-30-55(31-27-53)56-36-43-66(44-37-56)78-49-17-16-48-75(61-18-8-5-9-19-61)71-25-15-14-24-67(71)68-45-42-65(52-72(68)75)76(62-20-10-6-11-21-62)64-40-34-58(35-41-64)60-39-47-74-70(51-60)69-50-59(57-32-28-54(4-2)29-33-57)38-46-73(69)77(74)63-22-12-7-13-23-63/h3-15,18-47,50-52H,1-2,16-17,48-49H2. The van der Waals surface area contributed by atoms with Crippen molar-refractivity contribution in [1.82, 2.24) is 4.57 Å². The second-order valence-corrected chi connectivity index (χ2v) is 20.4. The van der Waals surface area contributed by atoms with E-state index in [4.69, 9.17) is 4.74 Å². The van der Waals surface area contributed by atoms with Crippen LogP contribution in [0.4, 0.5) is 17.1 Å². The molecule has 0 N–H and O–H groups in total. The third kappa shape index (κ3) is 8.79. The fraction of sp³-hybridized carbons (Fsp3) is 0.0667. The lowest BCUT2D eigenvalue weighted by Crippen LogP contribution is -2.27. The van der Waals surface area contributed by atoms with Crippen LogP contribution in [0.15, 0.2) is 280 Å². The number of nitrogens with zero attached hydrogens (tertiary/aromatic N) is 2. The molecule has 12 aromatic rings. The zero-order valence-electron chi connectivity index (χ0n) is 43.6. The third-order valence-electron chi connectivity index (χ3n) is 15.9. The number of rotatable bonds is 16. The topological polar surface area (TPSA) is 17.4 Å². The summed E-state index contributed by atoms with van der Waals surface area (Å²) in [5.41, 5.74) is 22.3. The first-order valence-corrected chi connectivity index (χ1v) is 27.1. The van der Waals surface area contributed by atoms with Gasteiger partial charge in [-0.1, -0.05) is 207 Å². The van der Waals surface area contributed by atoms with Gasteiger partial charge < -0.3 is 14.2 Å². The summed E-state index contributed by atoms with van der Waals surface area (Å²) in [5.74, 6) is 0.892. The summed E-state index contributed by atoms with van der Waals surface area (Å²) < 4.78 is 8.81. The summed E-state index contributed by atoms with van der Waals surface area (Å²) in [5, 5.41) is 2.44. The van der Waals surface area contributed by atoms with Gasteiger partial charge in [-0.25, -0.2) is 0 Å². The Bertz CT molecular complexity index is 4100. The number of benzene rings is 11.